The molecule has 0 N–H and O–H groups in total. The van der Waals surface area contributed by atoms with E-state index in [0.29, 0.717) is 0 Å². The Labute approximate surface area is 257 Å². The van der Waals surface area contributed by atoms with E-state index in [9.17, 15) is 0 Å². The molecule has 0 bridgehead atoms. The lowest BCUT2D eigenvalue weighted by Gasteiger charge is -2.27. The Balaban J connectivity index is 1.32. The minimum atomic E-state index is -0.0201. The van der Waals surface area contributed by atoms with Crippen molar-refractivity contribution in [3.63, 3.8) is 0 Å². The van der Waals surface area contributed by atoms with E-state index in [2.05, 4.69) is 170 Å². The molecule has 1 heteroatoms. The molecule has 0 aromatic heterocycles. The Morgan fingerprint density at radius 2 is 0.932 bits per heavy atom. The van der Waals surface area contributed by atoms with E-state index in [4.69, 9.17) is 0 Å². The first-order valence-corrected chi connectivity index (χ1v) is 15.4. The second kappa shape index (κ2) is 9.30. The van der Waals surface area contributed by atoms with Gasteiger partial charge in [0.05, 0.1) is 0 Å². The predicted octanol–water partition coefficient (Wildman–Crippen LogP) is 12.1. The first kappa shape index (κ1) is 25.1. The van der Waals surface area contributed by atoms with Gasteiger partial charge in [0.1, 0.15) is 0 Å². The van der Waals surface area contributed by atoms with Gasteiger partial charge in [-0.15, -0.1) is 0 Å². The van der Waals surface area contributed by atoms with Gasteiger partial charge in [0.2, 0.25) is 0 Å². The number of benzene rings is 8. The summed E-state index contributed by atoms with van der Waals surface area (Å²) in [5.41, 5.74) is 8.89. The van der Waals surface area contributed by atoms with Crippen LogP contribution in [-0.4, -0.2) is 0 Å². The van der Waals surface area contributed by atoms with Gasteiger partial charge in [-0.3, -0.25) is 0 Å². The number of rotatable bonds is 3. The van der Waals surface area contributed by atoms with E-state index in [1.54, 1.807) is 0 Å². The summed E-state index contributed by atoms with van der Waals surface area (Å²) < 4.78 is 0. The lowest BCUT2D eigenvalue weighted by Crippen LogP contribution is -2.15. The van der Waals surface area contributed by atoms with Crippen LogP contribution >= 0.6 is 0 Å². The molecule has 0 aliphatic heterocycles. The van der Waals surface area contributed by atoms with E-state index in [1.165, 1.54) is 65.3 Å². The van der Waals surface area contributed by atoms with E-state index in [0.717, 1.165) is 17.1 Å². The second-order valence-corrected chi connectivity index (χ2v) is 12.6. The Bertz CT molecular complexity index is 2410. The zero-order chi connectivity index (χ0) is 29.4. The predicted molar refractivity (Wildman–Crippen MR) is 189 cm³/mol. The lowest BCUT2D eigenvalue weighted by molar-refractivity contribution is 0.660. The van der Waals surface area contributed by atoms with Crippen LogP contribution in [0.3, 0.4) is 0 Å². The van der Waals surface area contributed by atoms with Gasteiger partial charge < -0.3 is 4.90 Å². The fourth-order valence-corrected chi connectivity index (χ4v) is 7.64. The third-order valence-corrected chi connectivity index (χ3v) is 9.79. The summed E-state index contributed by atoms with van der Waals surface area (Å²) in [6.45, 7) is 4.68. The number of hydrogen-bond acceptors (Lipinski definition) is 1. The highest BCUT2D eigenvalue weighted by atomic mass is 15.1. The highest BCUT2D eigenvalue weighted by Gasteiger charge is 2.35. The molecule has 8 aromatic rings. The maximum absolute atomic E-state index is 2.41. The van der Waals surface area contributed by atoms with Crippen molar-refractivity contribution in [1.82, 2.24) is 0 Å². The third kappa shape index (κ3) is 3.59. The smallest absolute Gasteiger partial charge is 0.0468 e. The van der Waals surface area contributed by atoms with Crippen LogP contribution in [0, 0.1) is 0 Å². The molecule has 0 saturated heterocycles. The molecule has 8 aromatic carbocycles. The van der Waals surface area contributed by atoms with Crippen molar-refractivity contribution in [1.29, 1.82) is 0 Å². The van der Waals surface area contributed by atoms with Gasteiger partial charge in [-0.2, -0.15) is 0 Å². The van der Waals surface area contributed by atoms with Crippen LogP contribution in [0.1, 0.15) is 25.0 Å². The summed E-state index contributed by atoms with van der Waals surface area (Å²) in [5.74, 6) is 0. The zero-order valence-electron chi connectivity index (χ0n) is 24.9. The summed E-state index contributed by atoms with van der Waals surface area (Å²) in [6.07, 6.45) is 0. The van der Waals surface area contributed by atoms with E-state index < -0.39 is 0 Å². The highest BCUT2D eigenvalue weighted by Crippen LogP contribution is 2.50. The molecule has 9 rings (SSSR count). The summed E-state index contributed by atoms with van der Waals surface area (Å²) in [7, 11) is 0. The van der Waals surface area contributed by atoms with Crippen molar-refractivity contribution in [2.24, 2.45) is 0 Å². The van der Waals surface area contributed by atoms with Gasteiger partial charge in [0, 0.05) is 22.5 Å². The quantitative estimate of drug-likeness (QED) is 0.194. The SMILES string of the molecule is CC1(C)c2ccccc2-c2cc(N(c3ccccc3)c3ccc4ccc5ccc6ccc7ccccc7c6c5c4c3)ccc21. The van der Waals surface area contributed by atoms with Crippen molar-refractivity contribution in [2.45, 2.75) is 19.3 Å². The molecule has 0 atom stereocenters. The van der Waals surface area contributed by atoms with Crippen LogP contribution in [0.4, 0.5) is 17.1 Å². The normalized spacial score (nSPS) is 13.4. The topological polar surface area (TPSA) is 3.24 Å². The van der Waals surface area contributed by atoms with Crippen molar-refractivity contribution in [3.8, 4) is 11.1 Å². The molecule has 1 aliphatic rings. The summed E-state index contributed by atoms with van der Waals surface area (Å²) in [5, 5.41) is 10.3. The molecule has 0 fully saturated rings. The van der Waals surface area contributed by atoms with Crippen LogP contribution < -0.4 is 4.90 Å². The summed E-state index contributed by atoms with van der Waals surface area (Å²) >= 11 is 0. The van der Waals surface area contributed by atoms with Crippen molar-refractivity contribution in [3.05, 3.63) is 163 Å². The summed E-state index contributed by atoms with van der Waals surface area (Å²) in [6, 6.07) is 56.0. The van der Waals surface area contributed by atoms with Gasteiger partial charge in [0.15, 0.2) is 0 Å². The maximum atomic E-state index is 2.41. The number of anilines is 3. The molecule has 0 unspecified atom stereocenters. The second-order valence-electron chi connectivity index (χ2n) is 12.6. The highest BCUT2D eigenvalue weighted by molar-refractivity contribution is 6.27. The maximum Gasteiger partial charge on any atom is 0.0468 e. The molecule has 44 heavy (non-hydrogen) atoms. The van der Waals surface area contributed by atoms with Crippen LogP contribution in [0.5, 0.6) is 0 Å². The van der Waals surface area contributed by atoms with Crippen LogP contribution in [0.25, 0.3) is 54.2 Å². The van der Waals surface area contributed by atoms with Crippen LogP contribution in [0.2, 0.25) is 0 Å². The van der Waals surface area contributed by atoms with Crippen LogP contribution in [-0.2, 0) is 5.41 Å². The Morgan fingerprint density at radius 3 is 1.73 bits per heavy atom. The van der Waals surface area contributed by atoms with Crippen LogP contribution in [0.15, 0.2) is 152 Å². The fourth-order valence-electron chi connectivity index (χ4n) is 7.64. The molecule has 0 saturated carbocycles. The molecular weight excluding hydrogens is 530 g/mol. The monoisotopic (exact) mass is 561 g/mol. The van der Waals surface area contributed by atoms with Crippen molar-refractivity contribution < 1.29 is 0 Å². The number of nitrogens with zero attached hydrogens (tertiary/aromatic N) is 1. The Kier molecular flexibility index (Phi) is 5.31. The Hall–Kier alpha value is -5.40. The lowest BCUT2D eigenvalue weighted by atomic mass is 9.82. The first-order valence-electron chi connectivity index (χ1n) is 15.4. The van der Waals surface area contributed by atoms with Gasteiger partial charge in [-0.05, 0) is 102 Å². The van der Waals surface area contributed by atoms with Crippen molar-refractivity contribution in [2.75, 3.05) is 4.90 Å². The molecule has 1 nitrogen and oxygen atoms in total. The standard InChI is InChI=1S/C43H31N/c1-43(2)39-15-9-8-14-36(39)38-27-34(24-25-40(38)43)44(32-11-4-3-5-12-32)33-23-22-29-17-19-31-21-20-30-18-16-28-10-6-7-13-35(28)41(30)42(31)37(29)26-33/h3-27H,1-2H3. The zero-order valence-corrected chi connectivity index (χ0v) is 24.9. The molecule has 1 aliphatic carbocycles. The van der Waals surface area contributed by atoms with Gasteiger partial charge in [-0.1, -0.05) is 129 Å². The molecule has 0 amide bonds. The molecular formula is C43H31N. The van der Waals surface area contributed by atoms with E-state index in [1.807, 2.05) is 0 Å². The van der Waals surface area contributed by atoms with Gasteiger partial charge in [0.25, 0.3) is 0 Å². The number of hydrogen-bond donors (Lipinski definition) is 0. The fraction of sp³-hybridized carbons (Fsp3) is 0.0698. The Morgan fingerprint density at radius 1 is 0.386 bits per heavy atom. The first-order chi connectivity index (χ1) is 21.6. The molecule has 0 spiro atoms. The van der Waals surface area contributed by atoms with E-state index in [-0.39, 0.29) is 5.41 Å². The molecule has 208 valence electrons. The van der Waals surface area contributed by atoms with Crippen molar-refractivity contribution >= 4 is 60.2 Å². The minimum absolute atomic E-state index is 0.0201. The molecule has 0 radical (unpaired) electrons. The number of para-hydroxylation sites is 1. The van der Waals surface area contributed by atoms with Gasteiger partial charge in [-0.25, -0.2) is 0 Å². The average Bonchev–Trinajstić information content (AvgIpc) is 3.30. The largest absolute Gasteiger partial charge is 0.310 e. The summed E-state index contributed by atoms with van der Waals surface area (Å²) in [4.78, 5) is 2.41. The third-order valence-electron chi connectivity index (χ3n) is 9.79. The van der Waals surface area contributed by atoms with Gasteiger partial charge >= 0.3 is 0 Å². The minimum Gasteiger partial charge on any atom is -0.310 e. The number of fused-ring (bicyclic) bond motifs is 10. The molecule has 0 heterocycles. The van der Waals surface area contributed by atoms with E-state index >= 15 is 0 Å². The average molecular weight is 562 g/mol.